The third-order valence-electron chi connectivity index (χ3n) is 2.89. The zero-order valence-electron chi connectivity index (χ0n) is 10.1. The smallest absolute Gasteiger partial charge is 0.291 e. The molecule has 1 aliphatic carbocycles. The van der Waals surface area contributed by atoms with Gasteiger partial charge in [0.05, 0.1) is 6.10 Å². The highest BCUT2D eigenvalue weighted by Gasteiger charge is 2.30. The Kier molecular flexibility index (Phi) is 3.42. The Balaban J connectivity index is 1.85. The molecular formula is C11H18N4O2. The van der Waals surface area contributed by atoms with Gasteiger partial charge in [-0.2, -0.15) is 0 Å². The van der Waals surface area contributed by atoms with E-state index in [1.54, 1.807) is 0 Å². The highest BCUT2D eigenvalue weighted by Crippen LogP contribution is 2.32. The van der Waals surface area contributed by atoms with Gasteiger partial charge in [-0.1, -0.05) is 13.8 Å². The number of aromatic nitrogens is 3. The van der Waals surface area contributed by atoms with E-state index in [1.165, 1.54) is 0 Å². The van der Waals surface area contributed by atoms with Crippen LogP contribution in [0.4, 0.5) is 0 Å². The van der Waals surface area contributed by atoms with Crippen LogP contribution in [0.15, 0.2) is 0 Å². The highest BCUT2D eigenvalue weighted by atomic mass is 16.3. The van der Waals surface area contributed by atoms with Gasteiger partial charge in [0, 0.05) is 12.5 Å². The Hall–Kier alpha value is -1.43. The molecule has 1 aliphatic rings. The first-order valence-electron chi connectivity index (χ1n) is 5.96. The van der Waals surface area contributed by atoms with Gasteiger partial charge < -0.3 is 10.4 Å². The predicted octanol–water partition coefficient (Wildman–Crippen LogP) is 0.429. The van der Waals surface area contributed by atoms with Gasteiger partial charge in [0.1, 0.15) is 5.82 Å². The van der Waals surface area contributed by atoms with Crippen LogP contribution in [0.1, 0.15) is 49.1 Å². The molecular weight excluding hydrogens is 220 g/mol. The number of rotatable bonds is 5. The van der Waals surface area contributed by atoms with Crippen LogP contribution in [0, 0.1) is 5.92 Å². The highest BCUT2D eigenvalue weighted by molar-refractivity contribution is 5.90. The van der Waals surface area contributed by atoms with Crippen molar-refractivity contribution in [2.45, 2.75) is 38.7 Å². The predicted molar refractivity (Wildman–Crippen MR) is 61.5 cm³/mol. The summed E-state index contributed by atoms with van der Waals surface area (Å²) < 4.78 is 0. The van der Waals surface area contributed by atoms with Gasteiger partial charge in [0.25, 0.3) is 5.91 Å². The van der Waals surface area contributed by atoms with Crippen LogP contribution in [0.3, 0.4) is 0 Å². The van der Waals surface area contributed by atoms with Crippen LogP contribution >= 0.6 is 0 Å². The van der Waals surface area contributed by atoms with Gasteiger partial charge in [-0.05, 0) is 18.8 Å². The third-order valence-corrected chi connectivity index (χ3v) is 2.89. The maximum atomic E-state index is 11.7. The fraction of sp³-hybridized carbons (Fsp3) is 0.727. The molecule has 1 fully saturated rings. The number of nitrogens with zero attached hydrogens (tertiary/aromatic N) is 2. The van der Waals surface area contributed by atoms with Crippen molar-refractivity contribution in [3.8, 4) is 0 Å². The molecule has 0 radical (unpaired) electrons. The number of aliphatic hydroxyl groups is 1. The summed E-state index contributed by atoms with van der Waals surface area (Å²) in [4.78, 5) is 15.7. The van der Waals surface area contributed by atoms with E-state index in [4.69, 9.17) is 0 Å². The van der Waals surface area contributed by atoms with Gasteiger partial charge >= 0.3 is 0 Å². The van der Waals surface area contributed by atoms with Crippen molar-refractivity contribution in [2.75, 3.05) is 6.54 Å². The molecule has 6 nitrogen and oxygen atoms in total. The minimum Gasteiger partial charge on any atom is -0.391 e. The van der Waals surface area contributed by atoms with Crippen LogP contribution in [-0.2, 0) is 0 Å². The lowest BCUT2D eigenvalue weighted by atomic mass is 10.2. The van der Waals surface area contributed by atoms with Crippen LogP contribution < -0.4 is 5.32 Å². The number of carbonyl (C=O) groups excluding carboxylic acids is 1. The third kappa shape index (κ3) is 3.03. The normalized spacial score (nSPS) is 17.2. The zero-order chi connectivity index (χ0) is 12.4. The molecule has 94 valence electrons. The van der Waals surface area contributed by atoms with E-state index in [2.05, 4.69) is 20.5 Å². The average molecular weight is 238 g/mol. The van der Waals surface area contributed by atoms with Crippen molar-refractivity contribution >= 4 is 5.91 Å². The first-order chi connectivity index (χ1) is 8.08. The van der Waals surface area contributed by atoms with Crippen LogP contribution in [0.25, 0.3) is 0 Å². The number of nitrogens with one attached hydrogen (secondary N) is 2. The Morgan fingerprint density at radius 3 is 2.82 bits per heavy atom. The van der Waals surface area contributed by atoms with Crippen molar-refractivity contribution in [1.82, 2.24) is 20.5 Å². The lowest BCUT2D eigenvalue weighted by Gasteiger charge is -2.08. The summed E-state index contributed by atoms with van der Waals surface area (Å²) in [6.07, 6.45) is 1.66. The second-order valence-corrected chi connectivity index (χ2v) is 4.81. The number of H-pyrrole nitrogens is 1. The van der Waals surface area contributed by atoms with Crippen molar-refractivity contribution in [3.63, 3.8) is 0 Å². The van der Waals surface area contributed by atoms with E-state index in [0.29, 0.717) is 11.7 Å². The SMILES string of the molecule is CC(C)c1nc(C(=O)NCC(O)C2CC2)n[nH]1. The first-order valence-corrected chi connectivity index (χ1v) is 5.96. The molecule has 1 heterocycles. The lowest BCUT2D eigenvalue weighted by Crippen LogP contribution is -2.33. The molecule has 0 spiro atoms. The number of hydrogen-bond acceptors (Lipinski definition) is 4. The molecule has 6 heteroatoms. The molecule has 3 N–H and O–H groups in total. The summed E-state index contributed by atoms with van der Waals surface area (Å²) in [7, 11) is 0. The van der Waals surface area contributed by atoms with Gasteiger partial charge in [0.15, 0.2) is 0 Å². The minimum atomic E-state index is -0.442. The number of aliphatic hydroxyl groups excluding tert-OH is 1. The molecule has 0 aliphatic heterocycles. The fourth-order valence-electron chi connectivity index (χ4n) is 1.56. The van der Waals surface area contributed by atoms with Gasteiger partial charge in [-0.25, -0.2) is 4.98 Å². The van der Waals surface area contributed by atoms with E-state index in [-0.39, 0.29) is 24.2 Å². The Morgan fingerprint density at radius 1 is 1.59 bits per heavy atom. The molecule has 0 saturated heterocycles. The Morgan fingerprint density at radius 2 is 2.29 bits per heavy atom. The largest absolute Gasteiger partial charge is 0.391 e. The molecule has 0 bridgehead atoms. The number of hydrogen-bond donors (Lipinski definition) is 3. The topological polar surface area (TPSA) is 90.9 Å². The maximum absolute atomic E-state index is 11.7. The molecule has 1 saturated carbocycles. The molecule has 1 aromatic rings. The maximum Gasteiger partial charge on any atom is 0.291 e. The first kappa shape index (κ1) is 12.0. The second kappa shape index (κ2) is 4.83. The van der Waals surface area contributed by atoms with Crippen molar-refractivity contribution < 1.29 is 9.90 Å². The summed E-state index contributed by atoms with van der Waals surface area (Å²) >= 11 is 0. The molecule has 17 heavy (non-hydrogen) atoms. The van der Waals surface area contributed by atoms with Gasteiger partial charge in [-0.3, -0.25) is 9.89 Å². The Labute approximate surface area is 99.8 Å². The minimum absolute atomic E-state index is 0.136. The van der Waals surface area contributed by atoms with E-state index in [1.807, 2.05) is 13.8 Å². The Bertz CT molecular complexity index is 398. The summed E-state index contributed by atoms with van der Waals surface area (Å²) in [5, 5.41) is 18.8. The molecule has 1 unspecified atom stereocenters. The molecule has 0 aromatic carbocycles. The van der Waals surface area contributed by atoms with Gasteiger partial charge in [0.2, 0.25) is 5.82 Å². The second-order valence-electron chi connectivity index (χ2n) is 4.81. The summed E-state index contributed by atoms with van der Waals surface area (Å²) in [5.41, 5.74) is 0. The van der Waals surface area contributed by atoms with Gasteiger partial charge in [-0.15, -0.1) is 5.10 Å². The monoisotopic (exact) mass is 238 g/mol. The molecule has 2 rings (SSSR count). The van der Waals surface area contributed by atoms with Crippen molar-refractivity contribution in [1.29, 1.82) is 0 Å². The van der Waals surface area contributed by atoms with Crippen LogP contribution in [-0.4, -0.2) is 38.8 Å². The van der Waals surface area contributed by atoms with E-state index >= 15 is 0 Å². The van der Waals surface area contributed by atoms with Crippen LogP contribution in [0.2, 0.25) is 0 Å². The number of amides is 1. The average Bonchev–Trinajstić information content (AvgIpc) is 3.02. The summed E-state index contributed by atoms with van der Waals surface area (Å²) in [6.45, 7) is 4.22. The van der Waals surface area contributed by atoms with E-state index < -0.39 is 6.10 Å². The van der Waals surface area contributed by atoms with E-state index in [9.17, 15) is 9.90 Å². The number of aromatic amines is 1. The summed E-state index contributed by atoms with van der Waals surface area (Å²) in [6, 6.07) is 0. The van der Waals surface area contributed by atoms with E-state index in [0.717, 1.165) is 12.8 Å². The van der Waals surface area contributed by atoms with Crippen LogP contribution in [0.5, 0.6) is 0 Å². The lowest BCUT2D eigenvalue weighted by molar-refractivity contribution is 0.0891. The standard InChI is InChI=1S/C11H18N4O2/c1-6(2)9-13-10(15-14-9)11(17)12-5-8(16)7-3-4-7/h6-8,16H,3-5H2,1-2H3,(H,12,17)(H,13,14,15). The quantitative estimate of drug-likeness (QED) is 0.693. The fourth-order valence-corrected chi connectivity index (χ4v) is 1.56. The molecule has 1 aromatic heterocycles. The number of carbonyl (C=O) groups is 1. The van der Waals surface area contributed by atoms with Crippen molar-refractivity contribution in [2.24, 2.45) is 5.92 Å². The molecule has 1 atom stereocenters. The summed E-state index contributed by atoms with van der Waals surface area (Å²) in [5.74, 6) is 1.05. The zero-order valence-corrected chi connectivity index (χ0v) is 10.1. The molecule has 1 amide bonds. The van der Waals surface area contributed by atoms with Crippen molar-refractivity contribution in [3.05, 3.63) is 11.6 Å².